The highest BCUT2D eigenvalue weighted by Gasteiger charge is 1.98. The molecule has 0 aliphatic carbocycles. The van der Waals surface area contributed by atoms with E-state index in [0.29, 0.717) is 5.84 Å². The summed E-state index contributed by atoms with van der Waals surface area (Å²) in [7, 11) is 0. The zero-order valence-electron chi connectivity index (χ0n) is 7.42. The van der Waals surface area contributed by atoms with Crippen molar-refractivity contribution in [2.75, 3.05) is 0 Å². The van der Waals surface area contributed by atoms with Crippen LogP contribution in [0.15, 0.2) is 46.9 Å². The molecule has 14 heavy (non-hydrogen) atoms. The van der Waals surface area contributed by atoms with Gasteiger partial charge in [0.2, 0.25) is 0 Å². The number of nitrogens with two attached hydrogens (primary N) is 1. The van der Waals surface area contributed by atoms with Crippen LogP contribution < -0.4 is 5.73 Å². The average molecular weight is 203 g/mol. The fourth-order valence-corrected chi connectivity index (χ4v) is 1.57. The first-order valence-electron chi connectivity index (χ1n) is 4.15. The van der Waals surface area contributed by atoms with Crippen molar-refractivity contribution < 1.29 is 0 Å². The zero-order valence-corrected chi connectivity index (χ0v) is 8.24. The Bertz CT molecular complexity index is 420. The summed E-state index contributed by atoms with van der Waals surface area (Å²) in [6.07, 6.45) is 1.71. The molecule has 0 saturated heterocycles. The van der Waals surface area contributed by atoms with Crippen LogP contribution in [0.3, 0.4) is 0 Å². The second kappa shape index (κ2) is 4.02. The van der Waals surface area contributed by atoms with E-state index in [1.165, 1.54) is 11.5 Å². The number of rotatable bonds is 2. The third kappa shape index (κ3) is 1.97. The molecule has 0 unspecified atom stereocenters. The third-order valence-corrected chi connectivity index (χ3v) is 2.32. The van der Waals surface area contributed by atoms with Crippen molar-refractivity contribution in [2.45, 2.75) is 0 Å². The lowest BCUT2D eigenvalue weighted by molar-refractivity contribution is 1.45. The van der Waals surface area contributed by atoms with E-state index in [4.69, 9.17) is 5.73 Å². The fourth-order valence-electron chi connectivity index (χ4n) is 1.04. The molecule has 1 aromatic carbocycles. The Hall–Kier alpha value is -1.68. The van der Waals surface area contributed by atoms with Crippen molar-refractivity contribution in [3.63, 3.8) is 0 Å². The molecule has 0 bridgehead atoms. The van der Waals surface area contributed by atoms with Crippen molar-refractivity contribution in [3.05, 3.63) is 47.5 Å². The second-order valence-corrected chi connectivity index (χ2v) is 3.40. The van der Waals surface area contributed by atoms with Crippen LogP contribution in [0.5, 0.6) is 0 Å². The highest BCUT2D eigenvalue weighted by Crippen LogP contribution is 2.11. The van der Waals surface area contributed by atoms with Gasteiger partial charge in [0, 0.05) is 10.9 Å². The SMILES string of the molecule is NC(=Nc1ccccc1)c1cnsc1. The molecule has 0 aliphatic heterocycles. The van der Waals surface area contributed by atoms with Crippen LogP contribution in [0.25, 0.3) is 0 Å². The van der Waals surface area contributed by atoms with E-state index in [9.17, 15) is 0 Å². The molecule has 4 heteroatoms. The van der Waals surface area contributed by atoms with Gasteiger partial charge in [-0.25, -0.2) is 9.37 Å². The van der Waals surface area contributed by atoms with Gasteiger partial charge >= 0.3 is 0 Å². The molecule has 0 saturated carbocycles. The van der Waals surface area contributed by atoms with E-state index >= 15 is 0 Å². The molecule has 2 rings (SSSR count). The molecule has 0 atom stereocenters. The Morgan fingerprint density at radius 2 is 2.07 bits per heavy atom. The van der Waals surface area contributed by atoms with Crippen LogP contribution in [0.4, 0.5) is 5.69 Å². The Kier molecular flexibility index (Phi) is 2.55. The number of nitrogens with zero attached hydrogens (tertiary/aromatic N) is 2. The first-order valence-corrected chi connectivity index (χ1v) is 4.99. The standard InChI is InChI=1S/C10H9N3S/c11-10(8-6-12-14-7-8)13-9-4-2-1-3-5-9/h1-7H,(H2,11,13). The first kappa shape index (κ1) is 8.90. The molecule has 2 aromatic rings. The van der Waals surface area contributed by atoms with Crippen molar-refractivity contribution in [2.24, 2.45) is 10.7 Å². The number of amidine groups is 1. The van der Waals surface area contributed by atoms with Gasteiger partial charge in [0.25, 0.3) is 0 Å². The van der Waals surface area contributed by atoms with Crippen LogP contribution in [0, 0.1) is 0 Å². The van der Waals surface area contributed by atoms with E-state index in [2.05, 4.69) is 9.37 Å². The lowest BCUT2D eigenvalue weighted by Gasteiger charge is -1.96. The van der Waals surface area contributed by atoms with E-state index in [1.807, 2.05) is 35.7 Å². The minimum Gasteiger partial charge on any atom is -0.383 e. The molecule has 0 spiro atoms. The Morgan fingerprint density at radius 3 is 2.71 bits per heavy atom. The molecule has 0 amide bonds. The maximum absolute atomic E-state index is 5.79. The fraction of sp³-hybridized carbons (Fsp3) is 0. The van der Waals surface area contributed by atoms with Gasteiger partial charge < -0.3 is 5.73 Å². The van der Waals surface area contributed by atoms with Gasteiger partial charge in [-0.15, -0.1) is 0 Å². The van der Waals surface area contributed by atoms with Crippen LogP contribution >= 0.6 is 11.5 Å². The van der Waals surface area contributed by atoms with Crippen molar-refractivity contribution >= 4 is 23.1 Å². The maximum atomic E-state index is 5.79. The lowest BCUT2D eigenvalue weighted by atomic mass is 10.3. The van der Waals surface area contributed by atoms with E-state index in [-0.39, 0.29) is 0 Å². The quantitative estimate of drug-likeness (QED) is 0.600. The number of para-hydroxylation sites is 1. The molecule has 3 nitrogen and oxygen atoms in total. The van der Waals surface area contributed by atoms with Crippen LogP contribution in [0.1, 0.15) is 5.56 Å². The predicted octanol–water partition coefficient (Wildman–Crippen LogP) is 2.18. The zero-order chi connectivity index (χ0) is 9.80. The molecule has 2 N–H and O–H groups in total. The summed E-state index contributed by atoms with van der Waals surface area (Å²) in [5, 5.41) is 1.88. The molecule has 1 aromatic heterocycles. The number of aliphatic imine (C=N–C) groups is 1. The second-order valence-electron chi connectivity index (χ2n) is 2.75. The number of hydrogen-bond donors (Lipinski definition) is 1. The number of aromatic nitrogens is 1. The summed E-state index contributed by atoms with van der Waals surface area (Å²) in [6, 6.07) is 9.62. The molecule has 70 valence electrons. The van der Waals surface area contributed by atoms with Gasteiger partial charge in [0.15, 0.2) is 0 Å². The minimum absolute atomic E-state index is 0.505. The minimum atomic E-state index is 0.505. The monoisotopic (exact) mass is 203 g/mol. The van der Waals surface area contributed by atoms with E-state index in [1.54, 1.807) is 6.20 Å². The van der Waals surface area contributed by atoms with Crippen LogP contribution in [-0.2, 0) is 0 Å². The Morgan fingerprint density at radius 1 is 1.29 bits per heavy atom. The van der Waals surface area contributed by atoms with Gasteiger partial charge in [-0.1, -0.05) is 18.2 Å². The van der Waals surface area contributed by atoms with Gasteiger partial charge in [-0.05, 0) is 23.7 Å². The topological polar surface area (TPSA) is 51.3 Å². The molecule has 0 radical (unpaired) electrons. The lowest BCUT2D eigenvalue weighted by Crippen LogP contribution is -2.11. The molecule has 0 aliphatic rings. The van der Waals surface area contributed by atoms with Gasteiger partial charge in [-0.2, -0.15) is 0 Å². The summed E-state index contributed by atoms with van der Waals surface area (Å²) >= 11 is 1.37. The van der Waals surface area contributed by atoms with Crippen LogP contribution in [-0.4, -0.2) is 10.2 Å². The summed E-state index contributed by atoms with van der Waals surface area (Å²) in [4.78, 5) is 4.26. The van der Waals surface area contributed by atoms with E-state index in [0.717, 1.165) is 11.3 Å². The largest absolute Gasteiger partial charge is 0.383 e. The number of benzene rings is 1. The van der Waals surface area contributed by atoms with Crippen molar-refractivity contribution in [1.82, 2.24) is 4.37 Å². The smallest absolute Gasteiger partial charge is 0.133 e. The predicted molar refractivity (Wildman–Crippen MR) is 58.9 cm³/mol. The van der Waals surface area contributed by atoms with Crippen LogP contribution in [0.2, 0.25) is 0 Å². The maximum Gasteiger partial charge on any atom is 0.133 e. The van der Waals surface area contributed by atoms with E-state index < -0.39 is 0 Å². The molecular formula is C10H9N3S. The molecular weight excluding hydrogens is 194 g/mol. The summed E-state index contributed by atoms with van der Waals surface area (Å²) in [5.41, 5.74) is 7.52. The summed E-state index contributed by atoms with van der Waals surface area (Å²) < 4.78 is 3.97. The van der Waals surface area contributed by atoms with Crippen molar-refractivity contribution in [3.8, 4) is 0 Å². The Balaban J connectivity index is 2.28. The van der Waals surface area contributed by atoms with Gasteiger partial charge in [0.05, 0.1) is 11.9 Å². The number of hydrogen-bond acceptors (Lipinski definition) is 3. The Labute approximate surface area is 86.1 Å². The normalized spacial score (nSPS) is 11.6. The summed E-state index contributed by atoms with van der Waals surface area (Å²) in [6.45, 7) is 0. The highest BCUT2D eigenvalue weighted by atomic mass is 32.1. The highest BCUT2D eigenvalue weighted by molar-refractivity contribution is 7.03. The van der Waals surface area contributed by atoms with Crippen molar-refractivity contribution in [1.29, 1.82) is 0 Å². The van der Waals surface area contributed by atoms with Gasteiger partial charge in [0.1, 0.15) is 5.84 Å². The third-order valence-electron chi connectivity index (χ3n) is 1.73. The molecule has 1 heterocycles. The summed E-state index contributed by atoms with van der Waals surface area (Å²) in [5.74, 6) is 0.505. The average Bonchev–Trinajstić information content (AvgIpc) is 2.72. The first-order chi connectivity index (χ1) is 6.86. The molecule has 0 fully saturated rings. The van der Waals surface area contributed by atoms with Gasteiger partial charge in [-0.3, -0.25) is 0 Å².